The van der Waals surface area contributed by atoms with Gasteiger partial charge < -0.3 is 15.2 Å². The van der Waals surface area contributed by atoms with Gasteiger partial charge in [0.2, 0.25) is 0 Å². The first-order valence-electron chi connectivity index (χ1n) is 6.63. The van der Waals surface area contributed by atoms with Crippen LogP contribution in [-0.2, 0) is 9.53 Å². The molecule has 0 aromatic rings. The van der Waals surface area contributed by atoms with Crippen molar-refractivity contribution in [3.05, 3.63) is 0 Å². The zero-order valence-electron chi connectivity index (χ0n) is 12.0. The summed E-state index contributed by atoms with van der Waals surface area (Å²) in [6.07, 6.45) is 0.597. The summed E-state index contributed by atoms with van der Waals surface area (Å²) in [5.74, 6) is -0.782. The van der Waals surface area contributed by atoms with Crippen molar-refractivity contribution >= 4 is 5.97 Å². The van der Waals surface area contributed by atoms with Gasteiger partial charge in [0.05, 0.1) is 13.2 Å². The highest BCUT2D eigenvalue weighted by atomic mass is 16.5. The van der Waals surface area contributed by atoms with Gasteiger partial charge in [0.1, 0.15) is 5.54 Å². The van der Waals surface area contributed by atoms with Crippen LogP contribution < -0.4 is 5.32 Å². The first-order chi connectivity index (χ1) is 8.32. The minimum Gasteiger partial charge on any atom is -0.480 e. The molecule has 5 nitrogen and oxygen atoms in total. The van der Waals surface area contributed by atoms with Crippen LogP contribution in [0.3, 0.4) is 0 Å². The lowest BCUT2D eigenvalue weighted by Crippen LogP contribution is -2.56. The largest absolute Gasteiger partial charge is 0.480 e. The normalized spacial score (nSPS) is 23.6. The monoisotopic (exact) mass is 258 g/mol. The van der Waals surface area contributed by atoms with Crippen LogP contribution in [0.25, 0.3) is 0 Å². The van der Waals surface area contributed by atoms with Crippen molar-refractivity contribution < 1.29 is 14.6 Å². The van der Waals surface area contributed by atoms with E-state index in [1.807, 2.05) is 6.92 Å². The van der Waals surface area contributed by atoms with Gasteiger partial charge in [0.25, 0.3) is 0 Å². The molecule has 1 heterocycles. The van der Waals surface area contributed by atoms with Crippen LogP contribution in [0.15, 0.2) is 0 Å². The number of ether oxygens (including phenoxy) is 1. The molecule has 1 atom stereocenters. The second-order valence-electron chi connectivity index (χ2n) is 5.77. The second-order valence-corrected chi connectivity index (χ2v) is 5.77. The number of morpholine rings is 1. The van der Waals surface area contributed by atoms with E-state index in [4.69, 9.17) is 4.74 Å². The zero-order valence-corrected chi connectivity index (χ0v) is 12.0. The SMILES string of the molecule is CCNC(C)(CCN1CCOCC1(C)C)C(=O)O. The lowest BCUT2D eigenvalue weighted by Gasteiger charge is -2.43. The average Bonchev–Trinajstić information content (AvgIpc) is 2.27. The topological polar surface area (TPSA) is 61.8 Å². The number of likely N-dealkylation sites (N-methyl/N-ethyl adjacent to an activating group) is 1. The number of hydrogen-bond acceptors (Lipinski definition) is 4. The number of nitrogens with one attached hydrogen (secondary N) is 1. The van der Waals surface area contributed by atoms with E-state index in [0.29, 0.717) is 19.6 Å². The van der Waals surface area contributed by atoms with E-state index in [9.17, 15) is 9.90 Å². The Bertz CT molecular complexity index is 294. The van der Waals surface area contributed by atoms with Gasteiger partial charge in [-0.2, -0.15) is 0 Å². The molecule has 1 aliphatic rings. The maximum absolute atomic E-state index is 11.3. The Hall–Kier alpha value is -0.650. The number of hydrogen-bond donors (Lipinski definition) is 2. The molecule has 106 valence electrons. The molecule has 0 aromatic heterocycles. The van der Waals surface area contributed by atoms with E-state index in [2.05, 4.69) is 24.1 Å². The molecule has 0 spiro atoms. The van der Waals surface area contributed by atoms with E-state index in [1.54, 1.807) is 6.92 Å². The molecule has 0 saturated carbocycles. The number of aliphatic carboxylic acids is 1. The van der Waals surface area contributed by atoms with Crippen molar-refractivity contribution in [2.24, 2.45) is 0 Å². The van der Waals surface area contributed by atoms with Crippen LogP contribution in [0.2, 0.25) is 0 Å². The molecule has 0 amide bonds. The van der Waals surface area contributed by atoms with Gasteiger partial charge in [-0.1, -0.05) is 6.92 Å². The molecule has 2 N–H and O–H groups in total. The number of nitrogens with zero attached hydrogens (tertiary/aromatic N) is 1. The van der Waals surface area contributed by atoms with Crippen molar-refractivity contribution in [3.8, 4) is 0 Å². The van der Waals surface area contributed by atoms with E-state index in [1.165, 1.54) is 0 Å². The molecule has 1 rings (SSSR count). The van der Waals surface area contributed by atoms with Gasteiger partial charge in [-0.05, 0) is 33.7 Å². The van der Waals surface area contributed by atoms with Gasteiger partial charge in [0.15, 0.2) is 0 Å². The highest BCUT2D eigenvalue weighted by Crippen LogP contribution is 2.21. The van der Waals surface area contributed by atoms with E-state index < -0.39 is 11.5 Å². The van der Waals surface area contributed by atoms with Crippen molar-refractivity contribution in [3.63, 3.8) is 0 Å². The molecular weight excluding hydrogens is 232 g/mol. The molecule has 0 radical (unpaired) electrons. The smallest absolute Gasteiger partial charge is 0.323 e. The van der Waals surface area contributed by atoms with Crippen LogP contribution in [0, 0.1) is 0 Å². The maximum Gasteiger partial charge on any atom is 0.323 e. The minimum atomic E-state index is -0.844. The van der Waals surface area contributed by atoms with Gasteiger partial charge in [-0.3, -0.25) is 9.69 Å². The third-order valence-electron chi connectivity index (χ3n) is 3.74. The Morgan fingerprint density at radius 2 is 2.22 bits per heavy atom. The number of rotatable bonds is 6. The first kappa shape index (κ1) is 15.4. The number of carbonyl (C=O) groups is 1. The van der Waals surface area contributed by atoms with Gasteiger partial charge in [0, 0.05) is 18.6 Å². The van der Waals surface area contributed by atoms with Crippen LogP contribution in [0.5, 0.6) is 0 Å². The summed E-state index contributed by atoms with van der Waals surface area (Å²) in [4.78, 5) is 13.7. The molecule has 18 heavy (non-hydrogen) atoms. The molecule has 0 bridgehead atoms. The predicted molar refractivity (Wildman–Crippen MR) is 70.8 cm³/mol. The van der Waals surface area contributed by atoms with Gasteiger partial charge >= 0.3 is 5.97 Å². The quantitative estimate of drug-likeness (QED) is 0.742. The summed E-state index contributed by atoms with van der Waals surface area (Å²) < 4.78 is 5.47. The van der Waals surface area contributed by atoms with Crippen molar-refractivity contribution in [1.82, 2.24) is 10.2 Å². The Morgan fingerprint density at radius 3 is 2.72 bits per heavy atom. The molecule has 1 unspecified atom stereocenters. The number of carboxylic acids is 1. The summed E-state index contributed by atoms with van der Waals surface area (Å²) >= 11 is 0. The Kier molecular flexibility index (Phi) is 5.13. The van der Waals surface area contributed by atoms with Gasteiger partial charge in [-0.25, -0.2) is 0 Å². The van der Waals surface area contributed by atoms with Crippen LogP contribution in [-0.4, -0.2) is 59.9 Å². The Morgan fingerprint density at radius 1 is 1.56 bits per heavy atom. The molecule has 1 aliphatic heterocycles. The predicted octanol–water partition coefficient (Wildman–Crippen LogP) is 0.940. The number of carboxylic acid groups (broad SMARTS) is 1. The third-order valence-corrected chi connectivity index (χ3v) is 3.74. The van der Waals surface area contributed by atoms with Crippen molar-refractivity contribution in [2.45, 2.75) is 45.2 Å². The maximum atomic E-state index is 11.3. The molecular formula is C13H26N2O3. The highest BCUT2D eigenvalue weighted by molar-refractivity contribution is 5.78. The fourth-order valence-electron chi connectivity index (χ4n) is 2.32. The Balaban J connectivity index is 2.59. The molecule has 1 fully saturated rings. The Labute approximate surface area is 109 Å². The minimum absolute atomic E-state index is 0.0100. The van der Waals surface area contributed by atoms with Crippen molar-refractivity contribution in [2.75, 3.05) is 32.8 Å². The average molecular weight is 258 g/mol. The molecule has 0 aromatic carbocycles. The summed E-state index contributed by atoms with van der Waals surface area (Å²) in [6.45, 7) is 11.7. The van der Waals surface area contributed by atoms with Crippen molar-refractivity contribution in [1.29, 1.82) is 0 Å². The van der Waals surface area contributed by atoms with Gasteiger partial charge in [-0.15, -0.1) is 0 Å². The molecule has 5 heteroatoms. The highest BCUT2D eigenvalue weighted by Gasteiger charge is 2.36. The fourth-order valence-corrected chi connectivity index (χ4v) is 2.32. The zero-order chi connectivity index (χ0) is 13.8. The summed E-state index contributed by atoms with van der Waals surface area (Å²) in [5.41, 5.74) is -0.854. The summed E-state index contributed by atoms with van der Waals surface area (Å²) in [5, 5.41) is 12.4. The van der Waals surface area contributed by atoms with E-state index in [0.717, 1.165) is 19.7 Å². The third kappa shape index (κ3) is 3.67. The molecule has 1 saturated heterocycles. The summed E-state index contributed by atoms with van der Waals surface area (Å²) in [7, 11) is 0. The first-order valence-corrected chi connectivity index (χ1v) is 6.63. The van der Waals surface area contributed by atoms with Crippen LogP contribution in [0.4, 0.5) is 0 Å². The lowest BCUT2D eigenvalue weighted by atomic mass is 9.95. The van der Waals surface area contributed by atoms with E-state index in [-0.39, 0.29) is 5.54 Å². The second kappa shape index (κ2) is 5.99. The molecule has 0 aliphatic carbocycles. The van der Waals surface area contributed by atoms with E-state index >= 15 is 0 Å². The fraction of sp³-hybridized carbons (Fsp3) is 0.923. The van der Waals surface area contributed by atoms with Crippen LogP contribution >= 0.6 is 0 Å². The lowest BCUT2D eigenvalue weighted by molar-refractivity contribution is -0.145. The standard InChI is InChI=1S/C13H26N2O3/c1-5-14-13(4,11(16)17)6-7-15-8-9-18-10-12(15,2)3/h14H,5-10H2,1-4H3,(H,16,17). The van der Waals surface area contributed by atoms with Crippen LogP contribution in [0.1, 0.15) is 34.1 Å². The summed E-state index contributed by atoms with van der Waals surface area (Å²) in [6, 6.07) is 0.